The highest BCUT2D eigenvalue weighted by molar-refractivity contribution is 7.89. The third-order valence-electron chi connectivity index (χ3n) is 4.29. The summed E-state index contributed by atoms with van der Waals surface area (Å²) in [6, 6.07) is 7.65. The zero-order chi connectivity index (χ0) is 16.9. The van der Waals surface area contributed by atoms with Crippen LogP contribution in [0.5, 0.6) is 0 Å². The number of nitrogens with one attached hydrogen (secondary N) is 1. The Morgan fingerprint density at radius 2 is 1.88 bits per heavy atom. The molecule has 124 valence electrons. The molecule has 0 atom stereocenters. The molecule has 4 rings (SSSR count). The second-order valence-corrected chi connectivity index (χ2v) is 7.64. The molecule has 1 aromatic heterocycles. The number of carbonyl (C=O) groups is 2. The SMILES string of the molecule is O=C1CNC(=O)N1C1CN(S(=O)(=O)c2cccc3cccnc23)C1. The quantitative estimate of drug-likeness (QED) is 0.798. The van der Waals surface area contributed by atoms with Gasteiger partial charge in [-0.2, -0.15) is 4.31 Å². The van der Waals surface area contributed by atoms with Crippen molar-refractivity contribution in [3.8, 4) is 0 Å². The van der Waals surface area contributed by atoms with Crippen molar-refractivity contribution in [3.05, 3.63) is 36.5 Å². The molecule has 2 aliphatic heterocycles. The van der Waals surface area contributed by atoms with E-state index >= 15 is 0 Å². The second kappa shape index (κ2) is 5.25. The van der Waals surface area contributed by atoms with E-state index in [4.69, 9.17) is 0 Å². The number of hydrogen-bond acceptors (Lipinski definition) is 5. The van der Waals surface area contributed by atoms with Gasteiger partial charge in [0.2, 0.25) is 15.9 Å². The molecule has 0 radical (unpaired) electrons. The lowest BCUT2D eigenvalue weighted by Crippen LogP contribution is -2.62. The van der Waals surface area contributed by atoms with Crippen LogP contribution in [0, 0.1) is 0 Å². The molecule has 2 saturated heterocycles. The summed E-state index contributed by atoms with van der Waals surface area (Å²) in [7, 11) is -3.73. The minimum atomic E-state index is -3.73. The molecule has 9 heteroatoms. The van der Waals surface area contributed by atoms with Crippen LogP contribution < -0.4 is 5.32 Å². The number of amides is 3. The minimum Gasteiger partial charge on any atom is -0.329 e. The average Bonchev–Trinajstić information content (AvgIpc) is 2.85. The lowest BCUT2D eigenvalue weighted by atomic mass is 10.1. The Kier molecular flexibility index (Phi) is 3.29. The molecule has 0 saturated carbocycles. The first-order valence-corrected chi connectivity index (χ1v) is 8.86. The van der Waals surface area contributed by atoms with Gasteiger partial charge in [0.15, 0.2) is 0 Å². The molecule has 2 fully saturated rings. The van der Waals surface area contributed by atoms with Crippen molar-refractivity contribution < 1.29 is 18.0 Å². The molecule has 0 bridgehead atoms. The van der Waals surface area contributed by atoms with Gasteiger partial charge in [-0.1, -0.05) is 18.2 Å². The number of pyridine rings is 1. The number of carbonyl (C=O) groups excluding carboxylic acids is 2. The monoisotopic (exact) mass is 346 g/mol. The zero-order valence-electron chi connectivity index (χ0n) is 12.5. The summed E-state index contributed by atoms with van der Waals surface area (Å²) >= 11 is 0. The molecule has 0 aliphatic carbocycles. The number of rotatable bonds is 3. The maximum atomic E-state index is 12.8. The molecule has 3 heterocycles. The van der Waals surface area contributed by atoms with Crippen molar-refractivity contribution in [1.29, 1.82) is 0 Å². The van der Waals surface area contributed by atoms with Crippen LogP contribution in [0.4, 0.5) is 4.79 Å². The fourth-order valence-electron chi connectivity index (χ4n) is 3.00. The van der Waals surface area contributed by atoms with E-state index in [-0.39, 0.29) is 30.4 Å². The van der Waals surface area contributed by atoms with Gasteiger partial charge in [0.25, 0.3) is 0 Å². The molecule has 3 amide bonds. The summed E-state index contributed by atoms with van der Waals surface area (Å²) in [5, 5.41) is 3.18. The first-order valence-electron chi connectivity index (χ1n) is 7.42. The number of urea groups is 1. The Bertz CT molecular complexity index is 932. The van der Waals surface area contributed by atoms with Crippen molar-refractivity contribution in [3.63, 3.8) is 0 Å². The fraction of sp³-hybridized carbons (Fsp3) is 0.267. The Hall–Kier alpha value is -2.52. The molecule has 8 nitrogen and oxygen atoms in total. The maximum Gasteiger partial charge on any atom is 0.324 e. The Labute approximate surface area is 138 Å². The topological polar surface area (TPSA) is 99.7 Å². The van der Waals surface area contributed by atoms with Crippen LogP contribution in [0.1, 0.15) is 0 Å². The summed E-state index contributed by atoms with van der Waals surface area (Å²) in [4.78, 5) is 28.7. The Balaban J connectivity index is 1.61. The molecule has 2 aliphatic rings. The summed E-state index contributed by atoms with van der Waals surface area (Å²) in [6.07, 6.45) is 1.55. The first kappa shape index (κ1) is 15.0. The highest BCUT2D eigenvalue weighted by atomic mass is 32.2. The van der Waals surface area contributed by atoms with Crippen molar-refractivity contribution in [2.45, 2.75) is 10.9 Å². The zero-order valence-corrected chi connectivity index (χ0v) is 13.4. The Morgan fingerprint density at radius 1 is 1.12 bits per heavy atom. The number of imide groups is 1. The van der Waals surface area contributed by atoms with E-state index in [9.17, 15) is 18.0 Å². The molecule has 0 spiro atoms. The maximum absolute atomic E-state index is 12.8. The fourth-order valence-corrected chi connectivity index (χ4v) is 4.68. The van der Waals surface area contributed by atoms with Crippen LogP contribution in [0.15, 0.2) is 41.4 Å². The van der Waals surface area contributed by atoms with Gasteiger partial charge >= 0.3 is 6.03 Å². The molecule has 24 heavy (non-hydrogen) atoms. The van der Waals surface area contributed by atoms with Gasteiger partial charge in [0, 0.05) is 24.7 Å². The highest BCUT2D eigenvalue weighted by Gasteiger charge is 2.46. The lowest BCUT2D eigenvalue weighted by Gasteiger charge is -2.41. The normalized spacial score (nSPS) is 19.6. The smallest absolute Gasteiger partial charge is 0.324 e. The van der Waals surface area contributed by atoms with Crippen LogP contribution in [-0.4, -0.2) is 60.2 Å². The van der Waals surface area contributed by atoms with E-state index in [0.717, 1.165) is 10.3 Å². The lowest BCUT2D eigenvalue weighted by molar-refractivity contribution is -0.128. The van der Waals surface area contributed by atoms with Gasteiger partial charge < -0.3 is 5.32 Å². The Morgan fingerprint density at radius 3 is 2.58 bits per heavy atom. The van der Waals surface area contributed by atoms with Crippen molar-refractivity contribution in [2.24, 2.45) is 0 Å². The predicted molar refractivity (Wildman–Crippen MR) is 84.5 cm³/mol. The van der Waals surface area contributed by atoms with Gasteiger partial charge in [-0.25, -0.2) is 13.2 Å². The molecular formula is C15H14N4O4S. The van der Waals surface area contributed by atoms with Crippen molar-refractivity contribution in [2.75, 3.05) is 19.6 Å². The summed E-state index contributed by atoms with van der Waals surface area (Å²) in [5.74, 6) is -0.325. The summed E-state index contributed by atoms with van der Waals surface area (Å²) < 4.78 is 26.9. The van der Waals surface area contributed by atoms with Crippen LogP contribution in [-0.2, 0) is 14.8 Å². The van der Waals surface area contributed by atoms with Gasteiger partial charge in [-0.15, -0.1) is 0 Å². The second-order valence-electron chi connectivity index (χ2n) is 5.73. The van der Waals surface area contributed by atoms with Crippen LogP contribution in [0.2, 0.25) is 0 Å². The average molecular weight is 346 g/mol. The third-order valence-corrected chi connectivity index (χ3v) is 6.15. The van der Waals surface area contributed by atoms with E-state index in [1.54, 1.807) is 30.5 Å². The van der Waals surface area contributed by atoms with Gasteiger partial charge in [0.05, 0.1) is 18.1 Å². The molecular weight excluding hydrogens is 332 g/mol. The van der Waals surface area contributed by atoms with Crippen LogP contribution in [0.25, 0.3) is 10.9 Å². The molecule has 1 aromatic carbocycles. The van der Waals surface area contributed by atoms with Crippen LogP contribution in [0.3, 0.4) is 0 Å². The summed E-state index contributed by atoms with van der Waals surface area (Å²) in [5.41, 5.74) is 0.415. The minimum absolute atomic E-state index is 0.0324. The number of para-hydroxylation sites is 1. The number of nitrogens with zero attached hydrogens (tertiary/aromatic N) is 3. The standard InChI is InChI=1S/C15H14N4O4S/c20-13-7-17-15(21)19(13)11-8-18(9-11)24(22,23)12-5-1-3-10-4-2-6-16-14(10)12/h1-6,11H,7-9H2,(H,17,21). The van der Waals surface area contributed by atoms with Crippen molar-refractivity contribution in [1.82, 2.24) is 19.5 Å². The van der Waals surface area contributed by atoms with Crippen molar-refractivity contribution >= 4 is 32.9 Å². The number of sulfonamides is 1. The molecule has 1 N–H and O–H groups in total. The summed E-state index contributed by atoms with van der Waals surface area (Å²) in [6.45, 7) is 0.171. The van der Waals surface area contributed by atoms with E-state index in [0.29, 0.717) is 5.52 Å². The van der Waals surface area contributed by atoms with Gasteiger partial charge in [-0.05, 0) is 12.1 Å². The van der Waals surface area contributed by atoms with E-state index in [1.165, 1.54) is 10.4 Å². The predicted octanol–water partition coefficient (Wildman–Crippen LogP) is 0.160. The van der Waals surface area contributed by atoms with E-state index in [2.05, 4.69) is 10.3 Å². The van der Waals surface area contributed by atoms with Gasteiger partial charge in [-0.3, -0.25) is 14.7 Å². The largest absolute Gasteiger partial charge is 0.329 e. The number of fused-ring (bicyclic) bond motifs is 1. The van der Waals surface area contributed by atoms with E-state index in [1.807, 2.05) is 0 Å². The number of aromatic nitrogens is 1. The van der Waals surface area contributed by atoms with Gasteiger partial charge in [0.1, 0.15) is 4.90 Å². The number of hydrogen-bond donors (Lipinski definition) is 1. The van der Waals surface area contributed by atoms with Crippen LogP contribution >= 0.6 is 0 Å². The molecule has 2 aromatic rings. The third kappa shape index (κ3) is 2.16. The molecule has 0 unspecified atom stereocenters. The van der Waals surface area contributed by atoms with E-state index < -0.39 is 22.1 Å². The first-order chi connectivity index (χ1) is 11.5. The highest BCUT2D eigenvalue weighted by Crippen LogP contribution is 2.29. The number of benzene rings is 1.